The van der Waals surface area contributed by atoms with Crippen molar-refractivity contribution in [3.8, 4) is 34.3 Å². The monoisotopic (exact) mass is 434 g/mol. The zero-order valence-electron chi connectivity index (χ0n) is 18.7. The fourth-order valence-corrected chi connectivity index (χ4v) is 3.83. The number of fused-ring (bicyclic) bond motifs is 4. The van der Waals surface area contributed by atoms with E-state index in [4.69, 9.17) is 13.9 Å². The van der Waals surface area contributed by atoms with Crippen LogP contribution in [0.15, 0.2) is 51.2 Å². The minimum Gasteiger partial charge on any atom is -0.508 e. The predicted molar refractivity (Wildman–Crippen MR) is 124 cm³/mol. The van der Waals surface area contributed by atoms with E-state index < -0.39 is 6.10 Å². The third kappa shape index (κ3) is 3.62. The molecule has 6 heteroatoms. The van der Waals surface area contributed by atoms with E-state index in [2.05, 4.69) is 0 Å². The summed E-state index contributed by atoms with van der Waals surface area (Å²) >= 11 is 0. The van der Waals surface area contributed by atoms with Crippen LogP contribution in [0.25, 0.3) is 28.4 Å². The number of phenols is 2. The van der Waals surface area contributed by atoms with Gasteiger partial charge in [0.2, 0.25) is 5.43 Å². The van der Waals surface area contributed by atoms with Crippen LogP contribution >= 0.6 is 0 Å². The van der Waals surface area contributed by atoms with Crippen molar-refractivity contribution in [3.63, 3.8) is 0 Å². The highest BCUT2D eigenvalue weighted by Crippen LogP contribution is 2.46. The molecule has 0 bridgehead atoms. The molecule has 2 N–H and O–H groups in total. The fourth-order valence-electron chi connectivity index (χ4n) is 3.83. The summed E-state index contributed by atoms with van der Waals surface area (Å²) in [7, 11) is 1.50. The Kier molecular flexibility index (Phi) is 5.46. The van der Waals surface area contributed by atoms with Crippen molar-refractivity contribution in [1.82, 2.24) is 0 Å². The van der Waals surface area contributed by atoms with Gasteiger partial charge in [0.05, 0.1) is 23.8 Å². The van der Waals surface area contributed by atoms with E-state index in [9.17, 15) is 15.0 Å². The number of benzene rings is 2. The first kappa shape index (κ1) is 21.6. The van der Waals surface area contributed by atoms with Crippen LogP contribution in [-0.4, -0.2) is 17.3 Å². The molecule has 0 radical (unpaired) electrons. The molecule has 2 aromatic carbocycles. The molecule has 32 heavy (non-hydrogen) atoms. The van der Waals surface area contributed by atoms with Crippen molar-refractivity contribution in [1.29, 1.82) is 0 Å². The van der Waals surface area contributed by atoms with Crippen LogP contribution < -0.4 is 14.9 Å². The molecule has 1 aliphatic heterocycles. The largest absolute Gasteiger partial charge is 0.508 e. The van der Waals surface area contributed by atoms with Crippen LogP contribution in [-0.2, 0) is 0 Å². The van der Waals surface area contributed by atoms with Gasteiger partial charge in [-0.1, -0.05) is 31.6 Å². The van der Waals surface area contributed by atoms with Gasteiger partial charge in [-0.25, -0.2) is 0 Å². The van der Waals surface area contributed by atoms with Crippen molar-refractivity contribution < 1.29 is 24.1 Å². The maximum absolute atomic E-state index is 13.7. The molecule has 4 rings (SSSR count). The van der Waals surface area contributed by atoms with Crippen LogP contribution in [0.3, 0.4) is 0 Å². The Morgan fingerprint density at radius 1 is 1.19 bits per heavy atom. The number of rotatable bonds is 4. The summed E-state index contributed by atoms with van der Waals surface area (Å²) in [5.41, 5.74) is 2.06. The number of hydrogen-bond acceptors (Lipinski definition) is 6. The van der Waals surface area contributed by atoms with Gasteiger partial charge in [0, 0.05) is 12.1 Å². The summed E-state index contributed by atoms with van der Waals surface area (Å²) in [6.07, 6.45) is 4.76. The molecule has 1 aliphatic rings. The first-order valence-electron chi connectivity index (χ1n) is 10.4. The Balaban J connectivity index is 2.10. The Morgan fingerprint density at radius 3 is 2.59 bits per heavy atom. The molecule has 0 saturated carbocycles. The zero-order chi connectivity index (χ0) is 23.2. The van der Waals surface area contributed by atoms with Crippen LogP contribution in [0.2, 0.25) is 0 Å². The van der Waals surface area contributed by atoms with Gasteiger partial charge < -0.3 is 24.1 Å². The fraction of sp³-hybridized carbons (Fsp3) is 0.269. The maximum Gasteiger partial charge on any atom is 0.204 e. The first-order chi connectivity index (χ1) is 15.2. The lowest BCUT2D eigenvalue weighted by Crippen LogP contribution is -2.22. The molecule has 0 fully saturated rings. The SMILES string of the molecule is COc1cc2oc3c(c(=O)c2c(O)c1/C=C/C(C)C)[C@@H](C=C(C)C)Oc1cc(O)ccc1-3. The lowest BCUT2D eigenvalue weighted by atomic mass is 9.94. The van der Waals surface area contributed by atoms with Crippen molar-refractivity contribution in [2.45, 2.75) is 33.8 Å². The predicted octanol–water partition coefficient (Wildman–Crippen LogP) is 5.95. The summed E-state index contributed by atoms with van der Waals surface area (Å²) in [4.78, 5) is 13.7. The summed E-state index contributed by atoms with van der Waals surface area (Å²) in [5.74, 6) is 1.26. The number of methoxy groups -OCH3 is 1. The smallest absolute Gasteiger partial charge is 0.204 e. The number of phenolic OH excluding ortho intramolecular Hbond substituents is 2. The molecule has 3 aromatic rings. The lowest BCUT2D eigenvalue weighted by Gasteiger charge is -2.26. The second kappa shape index (κ2) is 8.11. The molecule has 1 aromatic heterocycles. The normalized spacial score (nSPS) is 14.9. The Hall–Kier alpha value is -3.67. The molecule has 0 unspecified atom stereocenters. The van der Waals surface area contributed by atoms with E-state index in [0.29, 0.717) is 33.9 Å². The molecule has 166 valence electrons. The molecule has 1 atom stereocenters. The number of hydrogen-bond donors (Lipinski definition) is 2. The molecule has 6 nitrogen and oxygen atoms in total. The van der Waals surface area contributed by atoms with Crippen molar-refractivity contribution in [2.24, 2.45) is 5.92 Å². The van der Waals surface area contributed by atoms with Gasteiger partial charge in [-0.3, -0.25) is 4.79 Å². The van der Waals surface area contributed by atoms with Crippen molar-refractivity contribution in [2.75, 3.05) is 7.11 Å². The second-order valence-electron chi connectivity index (χ2n) is 8.45. The minimum absolute atomic E-state index is 0.0483. The second-order valence-corrected chi connectivity index (χ2v) is 8.45. The average Bonchev–Trinajstić information content (AvgIpc) is 2.71. The third-order valence-corrected chi connectivity index (χ3v) is 5.29. The Morgan fingerprint density at radius 2 is 1.94 bits per heavy atom. The van der Waals surface area contributed by atoms with E-state index >= 15 is 0 Å². The highest BCUT2D eigenvalue weighted by atomic mass is 16.5. The van der Waals surface area contributed by atoms with Gasteiger partial charge in [0.25, 0.3) is 0 Å². The number of aromatic hydroxyl groups is 2. The molecule has 0 aliphatic carbocycles. The van der Waals surface area contributed by atoms with Crippen molar-refractivity contribution in [3.05, 3.63) is 63.3 Å². The highest BCUT2D eigenvalue weighted by Gasteiger charge is 2.32. The molecule has 0 amide bonds. The molecule has 0 saturated heterocycles. The van der Waals surface area contributed by atoms with Gasteiger partial charge >= 0.3 is 0 Å². The quantitative estimate of drug-likeness (QED) is 0.493. The summed E-state index contributed by atoms with van der Waals surface area (Å²) in [6.45, 7) is 7.84. The zero-order valence-corrected chi connectivity index (χ0v) is 18.7. The minimum atomic E-state index is -0.721. The van der Waals surface area contributed by atoms with E-state index in [0.717, 1.165) is 5.57 Å². The topological polar surface area (TPSA) is 89.1 Å². The standard InChI is InChI=1S/C26H26O6/c1-13(2)6-8-16-18(30-5)12-21-22(24(16)28)25(29)23-20(10-14(3)4)31-19-11-15(27)7-9-17(19)26(23)32-21/h6-13,20,27-28H,1-5H3/b8-6+/t20-/m1/s1. The van der Waals surface area contributed by atoms with Gasteiger partial charge in [-0.05, 0) is 38.0 Å². The van der Waals surface area contributed by atoms with Crippen LogP contribution in [0.5, 0.6) is 23.0 Å². The van der Waals surface area contributed by atoms with Crippen LogP contribution in [0.1, 0.15) is 44.9 Å². The van der Waals surface area contributed by atoms with Crippen molar-refractivity contribution >= 4 is 17.0 Å². The summed E-state index contributed by atoms with van der Waals surface area (Å²) in [5, 5.41) is 21.1. The maximum atomic E-state index is 13.7. The van der Waals surface area contributed by atoms with Gasteiger partial charge in [-0.15, -0.1) is 0 Å². The molecular weight excluding hydrogens is 408 g/mol. The van der Waals surface area contributed by atoms with Gasteiger partial charge in [0.15, 0.2) is 0 Å². The Labute approximate surface area is 186 Å². The van der Waals surface area contributed by atoms with E-state index in [1.165, 1.54) is 19.2 Å². The van der Waals surface area contributed by atoms with Crippen LogP contribution in [0.4, 0.5) is 0 Å². The van der Waals surface area contributed by atoms with Crippen LogP contribution in [0, 0.1) is 5.92 Å². The number of ether oxygens (including phenoxy) is 2. The third-order valence-electron chi connectivity index (χ3n) is 5.29. The number of allylic oxidation sites excluding steroid dienone is 2. The van der Waals surface area contributed by atoms with E-state index in [1.807, 2.05) is 39.8 Å². The lowest BCUT2D eigenvalue weighted by molar-refractivity contribution is 0.243. The summed E-state index contributed by atoms with van der Waals surface area (Å²) < 4.78 is 17.7. The Bertz CT molecular complexity index is 1320. The van der Waals surface area contributed by atoms with Gasteiger partial charge in [0.1, 0.15) is 45.8 Å². The van der Waals surface area contributed by atoms with E-state index in [1.54, 1.807) is 18.2 Å². The van der Waals surface area contributed by atoms with E-state index in [-0.39, 0.29) is 33.8 Å². The van der Waals surface area contributed by atoms with Gasteiger partial charge in [-0.2, -0.15) is 0 Å². The average molecular weight is 434 g/mol. The molecular formula is C26H26O6. The molecule has 0 spiro atoms. The molecule has 2 heterocycles. The first-order valence-corrected chi connectivity index (χ1v) is 10.4. The highest BCUT2D eigenvalue weighted by molar-refractivity contribution is 5.92. The summed E-state index contributed by atoms with van der Waals surface area (Å²) in [6, 6.07) is 6.26.